The number of carbonyl (C=O) groups is 1. The smallest absolute Gasteiger partial charge is 0.262 e. The molecule has 0 saturated heterocycles. The zero-order valence-electron chi connectivity index (χ0n) is 13.6. The van der Waals surface area contributed by atoms with E-state index in [1.807, 2.05) is 18.2 Å². The Bertz CT molecular complexity index is 816. The van der Waals surface area contributed by atoms with E-state index in [0.717, 1.165) is 13.0 Å². The van der Waals surface area contributed by atoms with Crippen molar-refractivity contribution in [3.05, 3.63) is 78.4 Å². The molecule has 3 rings (SSSR count). The molecule has 2 aromatic carbocycles. The number of nitrogens with one attached hydrogen (secondary N) is 1. The van der Waals surface area contributed by atoms with Gasteiger partial charge in [0.15, 0.2) is 6.61 Å². The van der Waals surface area contributed by atoms with Gasteiger partial charge in [-0.25, -0.2) is 4.39 Å². The molecule has 0 bridgehead atoms. The average molecular weight is 339 g/mol. The first kappa shape index (κ1) is 16.7. The minimum Gasteiger partial charge on any atom is -0.484 e. The van der Waals surface area contributed by atoms with E-state index < -0.39 is 0 Å². The number of aryl methyl sites for hydroxylation is 2. The van der Waals surface area contributed by atoms with E-state index >= 15 is 0 Å². The molecule has 0 radical (unpaired) electrons. The second kappa shape index (κ2) is 8.10. The summed E-state index contributed by atoms with van der Waals surface area (Å²) in [6, 6.07) is 15.6. The molecule has 1 aromatic heterocycles. The second-order valence-electron chi connectivity index (χ2n) is 5.52. The topological polar surface area (TPSA) is 56.1 Å². The summed E-state index contributed by atoms with van der Waals surface area (Å²) in [5, 5.41) is 6.95. The lowest BCUT2D eigenvalue weighted by atomic mass is 10.1. The lowest BCUT2D eigenvalue weighted by Crippen LogP contribution is -2.19. The maximum atomic E-state index is 12.8. The van der Waals surface area contributed by atoms with E-state index in [4.69, 9.17) is 4.74 Å². The summed E-state index contributed by atoms with van der Waals surface area (Å²) in [6.45, 7) is 0.576. The summed E-state index contributed by atoms with van der Waals surface area (Å²) in [7, 11) is 0. The zero-order chi connectivity index (χ0) is 17.5. The number of benzene rings is 2. The molecule has 6 heteroatoms. The molecule has 0 aliphatic heterocycles. The molecule has 5 nitrogen and oxygen atoms in total. The van der Waals surface area contributed by atoms with Crippen LogP contribution in [-0.2, 0) is 17.8 Å². The van der Waals surface area contributed by atoms with Gasteiger partial charge in [-0.05, 0) is 36.2 Å². The van der Waals surface area contributed by atoms with Gasteiger partial charge in [-0.1, -0.05) is 30.3 Å². The molecule has 1 N–H and O–H groups in total. The Morgan fingerprint density at radius 3 is 2.64 bits per heavy atom. The van der Waals surface area contributed by atoms with E-state index in [-0.39, 0.29) is 18.3 Å². The van der Waals surface area contributed by atoms with Crippen LogP contribution < -0.4 is 10.1 Å². The fourth-order valence-corrected chi connectivity index (χ4v) is 2.32. The summed E-state index contributed by atoms with van der Waals surface area (Å²) >= 11 is 0. The standard InChI is InChI=1S/C19H18FN3O2/c20-16-6-8-18(9-7-16)25-14-19(24)22-17-12-21-23(13-17)11-10-15-4-2-1-3-5-15/h1-9,12-13H,10-11,14H2,(H,22,24). The van der Waals surface area contributed by atoms with Gasteiger partial charge in [-0.15, -0.1) is 0 Å². The van der Waals surface area contributed by atoms with Crippen LogP contribution in [0.3, 0.4) is 0 Å². The van der Waals surface area contributed by atoms with Crippen LogP contribution in [0.4, 0.5) is 10.1 Å². The third-order valence-corrected chi connectivity index (χ3v) is 3.57. The zero-order valence-corrected chi connectivity index (χ0v) is 13.6. The molecule has 1 heterocycles. The summed E-state index contributed by atoms with van der Waals surface area (Å²) in [6.07, 6.45) is 4.24. The average Bonchev–Trinajstić information content (AvgIpc) is 3.08. The number of hydrogen-bond acceptors (Lipinski definition) is 3. The number of anilines is 1. The number of nitrogens with zero attached hydrogens (tertiary/aromatic N) is 2. The molecule has 0 aliphatic rings. The molecule has 0 spiro atoms. The molecule has 25 heavy (non-hydrogen) atoms. The Kier molecular flexibility index (Phi) is 5.41. The third kappa shape index (κ3) is 5.17. The summed E-state index contributed by atoms with van der Waals surface area (Å²) in [5.74, 6) is -0.207. The normalized spacial score (nSPS) is 10.4. The highest BCUT2D eigenvalue weighted by atomic mass is 19.1. The highest BCUT2D eigenvalue weighted by Crippen LogP contribution is 2.11. The van der Waals surface area contributed by atoms with Crippen LogP contribution >= 0.6 is 0 Å². The lowest BCUT2D eigenvalue weighted by Gasteiger charge is -2.06. The highest BCUT2D eigenvalue weighted by Gasteiger charge is 2.06. The number of hydrogen-bond donors (Lipinski definition) is 1. The monoisotopic (exact) mass is 339 g/mol. The van der Waals surface area contributed by atoms with Crippen LogP contribution in [0.25, 0.3) is 0 Å². The molecule has 0 atom stereocenters. The minimum atomic E-state index is -0.347. The Balaban J connectivity index is 1.45. The van der Waals surface area contributed by atoms with Crippen molar-refractivity contribution < 1.29 is 13.9 Å². The van der Waals surface area contributed by atoms with Gasteiger partial charge in [0.1, 0.15) is 11.6 Å². The highest BCUT2D eigenvalue weighted by molar-refractivity contribution is 5.91. The van der Waals surface area contributed by atoms with Gasteiger partial charge in [-0.2, -0.15) is 5.10 Å². The van der Waals surface area contributed by atoms with E-state index in [9.17, 15) is 9.18 Å². The van der Waals surface area contributed by atoms with Gasteiger partial charge in [0.25, 0.3) is 5.91 Å². The second-order valence-corrected chi connectivity index (χ2v) is 5.52. The van der Waals surface area contributed by atoms with Gasteiger partial charge < -0.3 is 10.1 Å². The Labute approximate surface area is 145 Å². The van der Waals surface area contributed by atoms with Crippen molar-refractivity contribution in [2.24, 2.45) is 0 Å². The molecule has 0 fully saturated rings. The lowest BCUT2D eigenvalue weighted by molar-refractivity contribution is -0.118. The van der Waals surface area contributed by atoms with E-state index in [2.05, 4.69) is 22.5 Å². The van der Waals surface area contributed by atoms with Crippen molar-refractivity contribution in [3.8, 4) is 5.75 Å². The van der Waals surface area contributed by atoms with Gasteiger partial charge in [0.05, 0.1) is 11.9 Å². The Hall–Kier alpha value is -3.15. The van der Waals surface area contributed by atoms with Crippen LogP contribution in [0.15, 0.2) is 67.0 Å². The summed E-state index contributed by atoms with van der Waals surface area (Å²) in [5.41, 5.74) is 1.84. The molecule has 0 saturated carbocycles. The van der Waals surface area contributed by atoms with E-state index in [1.165, 1.54) is 29.8 Å². The first-order valence-electron chi connectivity index (χ1n) is 7.94. The van der Waals surface area contributed by atoms with Gasteiger partial charge in [-0.3, -0.25) is 9.48 Å². The first-order valence-corrected chi connectivity index (χ1v) is 7.94. The molecular formula is C19H18FN3O2. The number of rotatable bonds is 7. The minimum absolute atomic E-state index is 0.152. The maximum Gasteiger partial charge on any atom is 0.262 e. The predicted octanol–water partition coefficient (Wildman–Crippen LogP) is 3.28. The van der Waals surface area contributed by atoms with Crippen LogP contribution in [0, 0.1) is 5.82 Å². The fraction of sp³-hybridized carbons (Fsp3) is 0.158. The maximum absolute atomic E-state index is 12.8. The van der Waals surface area contributed by atoms with Crippen molar-refractivity contribution in [3.63, 3.8) is 0 Å². The van der Waals surface area contributed by atoms with Crippen molar-refractivity contribution in [1.82, 2.24) is 9.78 Å². The molecule has 0 aliphatic carbocycles. The quantitative estimate of drug-likeness (QED) is 0.719. The van der Waals surface area contributed by atoms with Gasteiger partial charge >= 0.3 is 0 Å². The molecular weight excluding hydrogens is 321 g/mol. The van der Waals surface area contributed by atoms with Gasteiger partial charge in [0.2, 0.25) is 0 Å². The third-order valence-electron chi connectivity index (χ3n) is 3.57. The van der Waals surface area contributed by atoms with Crippen molar-refractivity contribution in [1.29, 1.82) is 0 Å². The predicted molar refractivity (Wildman–Crippen MR) is 92.9 cm³/mol. The summed E-state index contributed by atoms with van der Waals surface area (Å²) in [4.78, 5) is 11.9. The van der Waals surface area contributed by atoms with Crippen molar-refractivity contribution in [2.45, 2.75) is 13.0 Å². The van der Waals surface area contributed by atoms with Crippen molar-refractivity contribution in [2.75, 3.05) is 11.9 Å². The number of carbonyl (C=O) groups excluding carboxylic acids is 1. The summed E-state index contributed by atoms with van der Waals surface area (Å²) < 4.78 is 19.9. The molecule has 1 amide bonds. The van der Waals surface area contributed by atoms with Crippen molar-refractivity contribution >= 4 is 11.6 Å². The van der Waals surface area contributed by atoms with E-state index in [0.29, 0.717) is 11.4 Å². The first-order chi connectivity index (χ1) is 12.2. The molecule has 128 valence electrons. The largest absolute Gasteiger partial charge is 0.484 e. The van der Waals surface area contributed by atoms with Crippen LogP contribution in [0.1, 0.15) is 5.56 Å². The number of ether oxygens (including phenoxy) is 1. The molecule has 3 aromatic rings. The van der Waals surface area contributed by atoms with Crippen LogP contribution in [-0.4, -0.2) is 22.3 Å². The van der Waals surface area contributed by atoms with Crippen LogP contribution in [0.2, 0.25) is 0 Å². The number of aromatic nitrogens is 2. The molecule has 0 unspecified atom stereocenters. The fourth-order valence-electron chi connectivity index (χ4n) is 2.32. The SMILES string of the molecule is O=C(COc1ccc(F)cc1)Nc1cnn(CCc2ccccc2)c1. The Morgan fingerprint density at radius 1 is 1.12 bits per heavy atom. The number of halogens is 1. The number of amides is 1. The van der Waals surface area contributed by atoms with Gasteiger partial charge in [0, 0.05) is 12.7 Å². The van der Waals surface area contributed by atoms with E-state index in [1.54, 1.807) is 17.1 Å². The Morgan fingerprint density at radius 2 is 1.88 bits per heavy atom. The van der Waals surface area contributed by atoms with Crippen LogP contribution in [0.5, 0.6) is 5.75 Å².